The standard InChI is InChI=1S/C21H27FN2O2/c1-26-21-8-4-17(5-9-21)14-23-11-12-24(20(16-23)10-13-25)15-18-2-6-19(22)7-3-18/h2-9,20,25H,10-16H2,1H3/t20-/m1/s1. The number of methoxy groups -OCH3 is 1. The second-order valence-corrected chi connectivity index (χ2v) is 6.85. The van der Waals surface area contributed by atoms with E-state index < -0.39 is 0 Å². The Morgan fingerprint density at radius 2 is 1.65 bits per heavy atom. The minimum absolute atomic E-state index is 0.182. The van der Waals surface area contributed by atoms with Gasteiger partial charge in [0.15, 0.2) is 0 Å². The van der Waals surface area contributed by atoms with Crippen molar-refractivity contribution < 1.29 is 14.2 Å². The van der Waals surface area contributed by atoms with Crippen LogP contribution in [0.15, 0.2) is 48.5 Å². The van der Waals surface area contributed by atoms with Gasteiger partial charge in [-0.3, -0.25) is 9.80 Å². The van der Waals surface area contributed by atoms with Gasteiger partial charge in [0.05, 0.1) is 7.11 Å². The van der Waals surface area contributed by atoms with Crippen LogP contribution in [0.25, 0.3) is 0 Å². The first kappa shape index (κ1) is 18.8. The SMILES string of the molecule is COc1ccc(CN2CCN(Cc3ccc(F)cc3)[C@H](CCO)C2)cc1. The molecule has 0 bridgehead atoms. The highest BCUT2D eigenvalue weighted by Crippen LogP contribution is 2.19. The van der Waals surface area contributed by atoms with Gasteiger partial charge in [0, 0.05) is 45.4 Å². The summed E-state index contributed by atoms with van der Waals surface area (Å²) in [6, 6.07) is 15.2. The van der Waals surface area contributed by atoms with E-state index in [9.17, 15) is 9.50 Å². The summed E-state index contributed by atoms with van der Waals surface area (Å²) in [5.41, 5.74) is 2.37. The zero-order valence-electron chi connectivity index (χ0n) is 15.3. The minimum atomic E-state index is -0.204. The van der Waals surface area contributed by atoms with Gasteiger partial charge in [-0.1, -0.05) is 24.3 Å². The Balaban J connectivity index is 1.60. The number of hydrogen-bond acceptors (Lipinski definition) is 4. The minimum Gasteiger partial charge on any atom is -0.497 e. The Kier molecular flexibility index (Phi) is 6.61. The van der Waals surface area contributed by atoms with E-state index in [1.54, 1.807) is 7.11 Å². The van der Waals surface area contributed by atoms with Crippen LogP contribution in [0.1, 0.15) is 17.5 Å². The maximum atomic E-state index is 13.1. The van der Waals surface area contributed by atoms with Gasteiger partial charge in [-0.2, -0.15) is 0 Å². The monoisotopic (exact) mass is 358 g/mol. The lowest BCUT2D eigenvalue weighted by Crippen LogP contribution is -2.52. The summed E-state index contributed by atoms with van der Waals surface area (Å²) in [7, 11) is 1.68. The van der Waals surface area contributed by atoms with Gasteiger partial charge in [0.2, 0.25) is 0 Å². The van der Waals surface area contributed by atoms with Crippen LogP contribution in [-0.2, 0) is 13.1 Å². The Hall–Kier alpha value is -1.95. The van der Waals surface area contributed by atoms with Gasteiger partial charge in [-0.15, -0.1) is 0 Å². The maximum absolute atomic E-state index is 13.1. The van der Waals surface area contributed by atoms with Crippen molar-refractivity contribution in [2.24, 2.45) is 0 Å². The van der Waals surface area contributed by atoms with Crippen LogP contribution in [0.5, 0.6) is 5.75 Å². The van der Waals surface area contributed by atoms with E-state index in [2.05, 4.69) is 21.9 Å². The molecular weight excluding hydrogens is 331 g/mol. The van der Waals surface area contributed by atoms with Gasteiger partial charge in [0.1, 0.15) is 11.6 Å². The van der Waals surface area contributed by atoms with Crippen molar-refractivity contribution in [2.45, 2.75) is 25.6 Å². The molecule has 4 nitrogen and oxygen atoms in total. The van der Waals surface area contributed by atoms with Crippen LogP contribution in [0.2, 0.25) is 0 Å². The van der Waals surface area contributed by atoms with Crippen molar-refractivity contribution in [3.63, 3.8) is 0 Å². The molecule has 0 aromatic heterocycles. The number of aliphatic hydroxyl groups excluding tert-OH is 1. The third-order valence-corrected chi connectivity index (χ3v) is 5.02. The van der Waals surface area contributed by atoms with E-state index in [1.807, 2.05) is 24.3 Å². The predicted molar refractivity (Wildman–Crippen MR) is 101 cm³/mol. The summed E-state index contributed by atoms with van der Waals surface area (Å²) in [6.45, 7) is 4.72. The van der Waals surface area contributed by atoms with Crippen LogP contribution in [0.4, 0.5) is 4.39 Å². The molecule has 3 rings (SSSR count). The summed E-state index contributed by atoms with van der Waals surface area (Å²) in [5, 5.41) is 9.46. The zero-order chi connectivity index (χ0) is 18.4. The summed E-state index contributed by atoms with van der Waals surface area (Å²) < 4.78 is 18.3. The quantitative estimate of drug-likeness (QED) is 0.826. The van der Waals surface area contributed by atoms with Crippen molar-refractivity contribution in [3.8, 4) is 5.75 Å². The zero-order valence-corrected chi connectivity index (χ0v) is 15.3. The van der Waals surface area contributed by atoms with Crippen molar-refractivity contribution >= 4 is 0 Å². The Bertz CT molecular complexity index is 675. The fraction of sp³-hybridized carbons (Fsp3) is 0.429. The lowest BCUT2D eigenvalue weighted by Gasteiger charge is -2.41. The molecule has 1 aliphatic rings. The van der Waals surface area contributed by atoms with Crippen LogP contribution < -0.4 is 4.74 Å². The smallest absolute Gasteiger partial charge is 0.123 e. The predicted octanol–water partition coefficient (Wildman–Crippen LogP) is 2.90. The summed E-state index contributed by atoms with van der Waals surface area (Å²) in [6.07, 6.45) is 0.750. The first-order valence-electron chi connectivity index (χ1n) is 9.12. The molecule has 1 heterocycles. The van der Waals surface area contributed by atoms with Crippen molar-refractivity contribution in [3.05, 3.63) is 65.5 Å². The highest BCUT2D eigenvalue weighted by atomic mass is 19.1. The number of aliphatic hydroxyl groups is 1. The Morgan fingerprint density at radius 1 is 1.00 bits per heavy atom. The van der Waals surface area contributed by atoms with Gasteiger partial charge in [-0.05, 0) is 41.8 Å². The fourth-order valence-corrected chi connectivity index (χ4v) is 3.55. The molecule has 2 aromatic rings. The topological polar surface area (TPSA) is 35.9 Å². The number of benzene rings is 2. The van der Waals surface area contributed by atoms with Crippen molar-refractivity contribution in [1.29, 1.82) is 0 Å². The molecular formula is C21H27FN2O2. The third kappa shape index (κ3) is 5.04. The molecule has 140 valence electrons. The van der Waals surface area contributed by atoms with Crippen molar-refractivity contribution in [2.75, 3.05) is 33.4 Å². The Labute approximate surface area is 154 Å². The fourth-order valence-electron chi connectivity index (χ4n) is 3.55. The van der Waals surface area contributed by atoms with Gasteiger partial charge >= 0.3 is 0 Å². The van der Waals surface area contributed by atoms with Crippen molar-refractivity contribution in [1.82, 2.24) is 9.80 Å². The second kappa shape index (κ2) is 9.12. The summed E-state index contributed by atoms with van der Waals surface area (Å²) in [4.78, 5) is 4.83. The normalized spacial score (nSPS) is 18.8. The number of rotatable bonds is 7. The molecule has 5 heteroatoms. The number of hydrogen-bond donors (Lipinski definition) is 1. The largest absolute Gasteiger partial charge is 0.497 e. The van der Waals surface area contributed by atoms with Gasteiger partial charge < -0.3 is 9.84 Å². The van der Waals surface area contributed by atoms with E-state index in [4.69, 9.17) is 4.74 Å². The van der Waals surface area contributed by atoms with E-state index >= 15 is 0 Å². The van der Waals surface area contributed by atoms with E-state index in [0.29, 0.717) is 6.04 Å². The third-order valence-electron chi connectivity index (χ3n) is 5.02. The maximum Gasteiger partial charge on any atom is 0.123 e. The second-order valence-electron chi connectivity index (χ2n) is 6.85. The molecule has 2 aromatic carbocycles. The average Bonchev–Trinajstić information content (AvgIpc) is 2.66. The van der Waals surface area contributed by atoms with Crippen LogP contribution in [-0.4, -0.2) is 54.3 Å². The first-order chi connectivity index (χ1) is 12.7. The van der Waals surface area contributed by atoms with E-state index in [0.717, 1.165) is 50.5 Å². The molecule has 0 amide bonds. The molecule has 1 atom stereocenters. The summed E-state index contributed by atoms with van der Waals surface area (Å²) in [5.74, 6) is 0.668. The molecule has 0 spiro atoms. The molecule has 1 aliphatic heterocycles. The van der Waals surface area contributed by atoms with Crippen LogP contribution in [0.3, 0.4) is 0 Å². The highest BCUT2D eigenvalue weighted by molar-refractivity contribution is 5.27. The average molecular weight is 358 g/mol. The molecule has 1 fully saturated rings. The van der Waals surface area contributed by atoms with Gasteiger partial charge in [-0.25, -0.2) is 4.39 Å². The number of piperazine rings is 1. The number of ether oxygens (including phenoxy) is 1. The molecule has 0 saturated carbocycles. The lowest BCUT2D eigenvalue weighted by atomic mass is 10.1. The highest BCUT2D eigenvalue weighted by Gasteiger charge is 2.26. The molecule has 26 heavy (non-hydrogen) atoms. The number of halogens is 1. The van der Waals surface area contributed by atoms with Crippen LogP contribution >= 0.6 is 0 Å². The summed E-state index contributed by atoms with van der Waals surface area (Å²) >= 11 is 0. The molecule has 0 unspecified atom stereocenters. The molecule has 0 aliphatic carbocycles. The van der Waals surface area contributed by atoms with Crippen LogP contribution in [0, 0.1) is 5.82 Å². The lowest BCUT2D eigenvalue weighted by molar-refractivity contribution is 0.0499. The number of nitrogens with zero attached hydrogens (tertiary/aromatic N) is 2. The molecule has 1 N–H and O–H groups in total. The van der Waals surface area contributed by atoms with E-state index in [1.165, 1.54) is 17.7 Å². The molecule has 1 saturated heterocycles. The first-order valence-corrected chi connectivity index (χ1v) is 9.12. The Morgan fingerprint density at radius 3 is 2.31 bits per heavy atom. The van der Waals surface area contributed by atoms with Gasteiger partial charge in [0.25, 0.3) is 0 Å². The molecule has 0 radical (unpaired) electrons. The van der Waals surface area contributed by atoms with E-state index in [-0.39, 0.29) is 12.4 Å².